The number of halogens is 1. The standard InChI is InChI=1S/C13H18ClNO3S/c1-5-19(17,18)15(11(4)13(14)16)12-8-9(2)6-7-10(12)3/h6-8,11H,5H2,1-4H3. The number of benzene rings is 1. The van der Waals surface area contributed by atoms with Gasteiger partial charge in [0.1, 0.15) is 6.04 Å². The van der Waals surface area contributed by atoms with Gasteiger partial charge in [-0.15, -0.1) is 0 Å². The third-order valence-electron chi connectivity index (χ3n) is 2.95. The van der Waals surface area contributed by atoms with Gasteiger partial charge < -0.3 is 0 Å². The topological polar surface area (TPSA) is 54.5 Å². The molecular formula is C13H18ClNO3S. The summed E-state index contributed by atoms with van der Waals surface area (Å²) in [6.45, 7) is 6.70. The van der Waals surface area contributed by atoms with E-state index in [1.165, 1.54) is 6.92 Å². The zero-order valence-corrected chi connectivity index (χ0v) is 13.0. The Morgan fingerprint density at radius 2 is 1.95 bits per heavy atom. The van der Waals surface area contributed by atoms with Gasteiger partial charge in [-0.1, -0.05) is 12.1 Å². The highest BCUT2D eigenvalue weighted by Crippen LogP contribution is 2.27. The van der Waals surface area contributed by atoms with Gasteiger partial charge in [0.15, 0.2) is 0 Å². The third kappa shape index (κ3) is 3.48. The maximum Gasteiger partial charge on any atom is 0.245 e. The Kier molecular flexibility index (Phi) is 4.98. The zero-order chi connectivity index (χ0) is 14.8. The first-order chi connectivity index (χ1) is 8.70. The first kappa shape index (κ1) is 16.0. The smallest absolute Gasteiger partial charge is 0.245 e. The van der Waals surface area contributed by atoms with Crippen molar-refractivity contribution in [3.05, 3.63) is 29.3 Å². The molecule has 1 rings (SSSR count). The van der Waals surface area contributed by atoms with Crippen LogP contribution in [0.4, 0.5) is 5.69 Å². The Labute approximate surface area is 119 Å². The zero-order valence-electron chi connectivity index (χ0n) is 11.5. The van der Waals surface area contributed by atoms with E-state index in [4.69, 9.17) is 11.6 Å². The number of aryl methyl sites for hydroxylation is 2. The predicted octanol–water partition coefficient (Wildman–Crippen LogP) is 2.61. The summed E-state index contributed by atoms with van der Waals surface area (Å²) in [5.41, 5.74) is 2.21. The molecule has 0 fully saturated rings. The van der Waals surface area contributed by atoms with E-state index in [9.17, 15) is 13.2 Å². The second-order valence-electron chi connectivity index (χ2n) is 4.47. The summed E-state index contributed by atoms with van der Waals surface area (Å²) in [6, 6.07) is 4.54. The molecule has 0 aliphatic carbocycles. The lowest BCUT2D eigenvalue weighted by atomic mass is 10.1. The van der Waals surface area contributed by atoms with Gasteiger partial charge in [0.25, 0.3) is 0 Å². The average Bonchev–Trinajstić information content (AvgIpc) is 2.33. The van der Waals surface area contributed by atoms with Crippen LogP contribution in [0.5, 0.6) is 0 Å². The van der Waals surface area contributed by atoms with Crippen LogP contribution in [0.15, 0.2) is 18.2 Å². The van der Waals surface area contributed by atoms with Crippen LogP contribution in [0.2, 0.25) is 0 Å². The van der Waals surface area contributed by atoms with Crippen molar-refractivity contribution in [2.75, 3.05) is 10.1 Å². The van der Waals surface area contributed by atoms with Crippen molar-refractivity contribution in [2.45, 2.75) is 33.7 Å². The van der Waals surface area contributed by atoms with Gasteiger partial charge in [-0.3, -0.25) is 9.10 Å². The average molecular weight is 304 g/mol. The largest absolute Gasteiger partial charge is 0.279 e. The van der Waals surface area contributed by atoms with Gasteiger partial charge in [-0.25, -0.2) is 8.42 Å². The highest BCUT2D eigenvalue weighted by atomic mass is 35.5. The summed E-state index contributed by atoms with van der Waals surface area (Å²) in [5, 5.41) is -0.696. The summed E-state index contributed by atoms with van der Waals surface area (Å²) < 4.78 is 25.6. The summed E-state index contributed by atoms with van der Waals surface area (Å²) in [5.74, 6) is -0.0884. The molecule has 0 spiro atoms. The first-order valence-electron chi connectivity index (χ1n) is 5.99. The molecule has 1 unspecified atom stereocenters. The molecule has 0 aliphatic rings. The molecular weight excluding hydrogens is 286 g/mol. The van der Waals surface area contributed by atoms with Crippen LogP contribution in [-0.2, 0) is 14.8 Å². The van der Waals surface area contributed by atoms with E-state index < -0.39 is 21.3 Å². The molecule has 19 heavy (non-hydrogen) atoms. The highest BCUT2D eigenvalue weighted by Gasteiger charge is 2.30. The van der Waals surface area contributed by atoms with Gasteiger partial charge >= 0.3 is 0 Å². The second-order valence-corrected chi connectivity index (χ2v) is 6.97. The number of carbonyl (C=O) groups is 1. The van der Waals surface area contributed by atoms with Crippen molar-refractivity contribution >= 4 is 32.6 Å². The van der Waals surface area contributed by atoms with Gasteiger partial charge in [0.2, 0.25) is 15.3 Å². The highest BCUT2D eigenvalue weighted by molar-refractivity contribution is 7.92. The minimum atomic E-state index is -3.57. The predicted molar refractivity (Wildman–Crippen MR) is 78.2 cm³/mol. The van der Waals surface area contributed by atoms with E-state index in [-0.39, 0.29) is 5.75 Å². The minimum absolute atomic E-state index is 0.0884. The van der Waals surface area contributed by atoms with Crippen LogP contribution < -0.4 is 4.31 Å². The van der Waals surface area contributed by atoms with Crippen LogP contribution in [0.25, 0.3) is 0 Å². The van der Waals surface area contributed by atoms with Crippen LogP contribution >= 0.6 is 11.6 Å². The molecule has 0 aliphatic heterocycles. The summed E-state index contributed by atoms with van der Waals surface area (Å²) in [7, 11) is -3.57. The fourth-order valence-electron chi connectivity index (χ4n) is 1.79. The van der Waals surface area contributed by atoms with Crippen LogP contribution in [0, 0.1) is 13.8 Å². The van der Waals surface area contributed by atoms with Crippen molar-refractivity contribution in [3.63, 3.8) is 0 Å². The van der Waals surface area contributed by atoms with Gasteiger partial charge in [0, 0.05) is 0 Å². The fourth-order valence-corrected chi connectivity index (χ4v) is 3.30. The van der Waals surface area contributed by atoms with E-state index in [1.807, 2.05) is 19.1 Å². The number of rotatable bonds is 5. The van der Waals surface area contributed by atoms with E-state index in [0.717, 1.165) is 15.4 Å². The van der Waals surface area contributed by atoms with E-state index in [0.29, 0.717) is 5.69 Å². The molecule has 0 saturated carbocycles. The molecule has 6 heteroatoms. The lowest BCUT2D eigenvalue weighted by molar-refractivity contribution is -0.112. The normalized spacial score (nSPS) is 13.1. The monoisotopic (exact) mass is 303 g/mol. The summed E-state index contributed by atoms with van der Waals surface area (Å²) in [6.07, 6.45) is 0. The molecule has 4 nitrogen and oxygen atoms in total. The number of nitrogens with zero attached hydrogens (tertiary/aromatic N) is 1. The molecule has 1 atom stereocenters. The number of sulfonamides is 1. The lowest BCUT2D eigenvalue weighted by Crippen LogP contribution is -2.43. The van der Waals surface area contributed by atoms with Gasteiger partial charge in [-0.05, 0) is 56.5 Å². The Morgan fingerprint density at radius 3 is 2.42 bits per heavy atom. The first-order valence-corrected chi connectivity index (χ1v) is 7.98. The van der Waals surface area contributed by atoms with Crippen molar-refractivity contribution in [1.82, 2.24) is 0 Å². The van der Waals surface area contributed by atoms with Crippen LogP contribution in [0.1, 0.15) is 25.0 Å². The van der Waals surface area contributed by atoms with Crippen molar-refractivity contribution in [1.29, 1.82) is 0 Å². The van der Waals surface area contributed by atoms with E-state index >= 15 is 0 Å². The molecule has 0 N–H and O–H groups in total. The minimum Gasteiger partial charge on any atom is -0.279 e. The molecule has 0 amide bonds. The van der Waals surface area contributed by atoms with Gasteiger partial charge in [-0.2, -0.15) is 0 Å². The number of carbonyl (C=O) groups excluding carboxylic acids is 1. The molecule has 0 saturated heterocycles. The van der Waals surface area contributed by atoms with E-state index in [1.54, 1.807) is 19.9 Å². The molecule has 0 heterocycles. The second kappa shape index (κ2) is 5.92. The molecule has 0 aromatic heterocycles. The Bertz CT molecular complexity index is 584. The van der Waals surface area contributed by atoms with Crippen molar-refractivity contribution < 1.29 is 13.2 Å². The SMILES string of the molecule is CCS(=O)(=O)N(c1cc(C)ccc1C)C(C)C(=O)Cl. The van der Waals surface area contributed by atoms with Crippen molar-refractivity contribution in [2.24, 2.45) is 0 Å². The third-order valence-corrected chi connectivity index (χ3v) is 5.10. The number of anilines is 1. The quantitative estimate of drug-likeness (QED) is 0.786. The lowest BCUT2D eigenvalue weighted by Gasteiger charge is -2.29. The van der Waals surface area contributed by atoms with Crippen LogP contribution in [0.3, 0.4) is 0 Å². The Balaban J connectivity index is 3.48. The Morgan fingerprint density at radius 1 is 1.37 bits per heavy atom. The molecule has 0 bridgehead atoms. The fraction of sp³-hybridized carbons (Fsp3) is 0.462. The molecule has 106 valence electrons. The maximum absolute atomic E-state index is 12.2. The molecule has 0 radical (unpaired) electrons. The van der Waals surface area contributed by atoms with Crippen molar-refractivity contribution in [3.8, 4) is 0 Å². The number of hydrogen-bond donors (Lipinski definition) is 0. The molecule has 1 aromatic rings. The summed E-state index contributed by atoms with van der Waals surface area (Å²) >= 11 is 5.48. The summed E-state index contributed by atoms with van der Waals surface area (Å²) in [4.78, 5) is 11.4. The Hall–Kier alpha value is -1.07. The molecule has 1 aromatic carbocycles. The maximum atomic E-state index is 12.2. The van der Waals surface area contributed by atoms with Crippen LogP contribution in [-0.4, -0.2) is 25.5 Å². The number of hydrogen-bond acceptors (Lipinski definition) is 3. The van der Waals surface area contributed by atoms with Gasteiger partial charge in [0.05, 0.1) is 11.4 Å². The van der Waals surface area contributed by atoms with E-state index in [2.05, 4.69) is 0 Å².